The Balaban J connectivity index is 2.54. The number of carbonyl (C=O) groups is 3. The highest BCUT2D eigenvalue weighted by molar-refractivity contribution is 7.98. The van der Waals surface area contributed by atoms with Crippen molar-refractivity contribution in [2.45, 2.75) is 72.1 Å². The highest BCUT2D eigenvalue weighted by Crippen LogP contribution is 2.28. The molecular weight excluding hydrogens is 510 g/mol. The summed E-state index contributed by atoms with van der Waals surface area (Å²) in [6, 6.07) is 11.0. The summed E-state index contributed by atoms with van der Waals surface area (Å²) in [6.07, 6.45) is 7.82. The minimum atomic E-state index is -0.944. The van der Waals surface area contributed by atoms with Crippen LogP contribution in [0.3, 0.4) is 0 Å². The Morgan fingerprint density at radius 1 is 1.08 bits per heavy atom. The fourth-order valence-electron chi connectivity index (χ4n) is 4.19. The Morgan fingerprint density at radius 2 is 1.69 bits per heavy atom. The lowest BCUT2D eigenvalue weighted by molar-refractivity contribution is -0.140. The first kappa shape index (κ1) is 31.8. The summed E-state index contributed by atoms with van der Waals surface area (Å²) in [7, 11) is 0. The summed E-state index contributed by atoms with van der Waals surface area (Å²) in [6.45, 7) is 11.4. The van der Waals surface area contributed by atoms with E-state index in [9.17, 15) is 14.4 Å². The highest BCUT2D eigenvalue weighted by atomic mass is 32.2. The Labute approximate surface area is 237 Å². The van der Waals surface area contributed by atoms with E-state index in [-0.39, 0.29) is 11.8 Å². The van der Waals surface area contributed by atoms with Gasteiger partial charge in [-0.15, -0.1) is 6.42 Å². The number of amides is 3. The van der Waals surface area contributed by atoms with Crippen molar-refractivity contribution in [1.82, 2.24) is 10.2 Å². The van der Waals surface area contributed by atoms with Crippen LogP contribution in [0, 0.1) is 26.2 Å². The Morgan fingerprint density at radius 3 is 2.21 bits per heavy atom. The molecule has 0 aromatic heterocycles. The van der Waals surface area contributed by atoms with Crippen molar-refractivity contribution < 1.29 is 19.1 Å². The number of hydrogen-bond acceptors (Lipinski definition) is 5. The molecule has 3 amide bonds. The molecule has 0 saturated carbocycles. The number of nitrogens with one attached hydrogen (secondary N) is 2. The van der Waals surface area contributed by atoms with Crippen LogP contribution in [-0.4, -0.2) is 53.0 Å². The van der Waals surface area contributed by atoms with Crippen LogP contribution < -0.4 is 10.6 Å². The molecule has 39 heavy (non-hydrogen) atoms. The molecule has 0 aliphatic carbocycles. The van der Waals surface area contributed by atoms with Crippen LogP contribution in [0.5, 0.6) is 0 Å². The van der Waals surface area contributed by atoms with E-state index in [2.05, 4.69) is 16.6 Å². The number of para-hydroxylation sites is 1. The zero-order valence-electron chi connectivity index (χ0n) is 24.1. The number of ether oxygens (including phenoxy) is 1. The Bertz CT molecular complexity index is 1160. The molecule has 2 aromatic rings. The molecule has 7 nitrogen and oxygen atoms in total. The number of anilines is 1. The van der Waals surface area contributed by atoms with E-state index in [1.54, 1.807) is 61.7 Å². The van der Waals surface area contributed by atoms with Crippen LogP contribution in [0.15, 0.2) is 42.5 Å². The lowest BCUT2D eigenvalue weighted by atomic mass is 10.00. The zero-order valence-corrected chi connectivity index (χ0v) is 24.9. The summed E-state index contributed by atoms with van der Waals surface area (Å²) in [5.74, 6) is 2.54. The molecule has 0 bridgehead atoms. The van der Waals surface area contributed by atoms with Gasteiger partial charge in [0.2, 0.25) is 5.91 Å². The molecule has 2 rings (SSSR count). The molecule has 0 heterocycles. The average molecular weight is 552 g/mol. The normalized spacial score (nSPS) is 12.6. The molecule has 0 aliphatic heterocycles. The average Bonchev–Trinajstić information content (AvgIpc) is 2.87. The molecule has 0 radical (unpaired) electrons. The molecule has 2 aromatic carbocycles. The van der Waals surface area contributed by atoms with Gasteiger partial charge in [-0.25, -0.2) is 4.79 Å². The number of thioether (sulfide) groups is 1. The molecule has 2 atom stereocenters. The van der Waals surface area contributed by atoms with Crippen LogP contribution in [0.25, 0.3) is 0 Å². The third-order valence-corrected chi connectivity index (χ3v) is 6.67. The second kappa shape index (κ2) is 14.6. The van der Waals surface area contributed by atoms with Crippen molar-refractivity contribution >= 4 is 35.4 Å². The van der Waals surface area contributed by atoms with Crippen LogP contribution in [0.4, 0.5) is 10.5 Å². The van der Waals surface area contributed by atoms with Gasteiger partial charge in [-0.2, -0.15) is 11.8 Å². The van der Waals surface area contributed by atoms with Crippen molar-refractivity contribution in [3.63, 3.8) is 0 Å². The maximum absolute atomic E-state index is 14.1. The Hall–Kier alpha value is -3.44. The van der Waals surface area contributed by atoms with E-state index < -0.39 is 23.8 Å². The fourth-order valence-corrected chi connectivity index (χ4v) is 4.66. The minimum absolute atomic E-state index is 0.312. The maximum Gasteiger partial charge on any atom is 0.408 e. The van der Waals surface area contributed by atoms with Crippen LogP contribution in [0.1, 0.15) is 68.8 Å². The van der Waals surface area contributed by atoms with Gasteiger partial charge < -0.3 is 20.3 Å². The van der Waals surface area contributed by atoms with Crippen molar-refractivity contribution in [1.29, 1.82) is 0 Å². The van der Waals surface area contributed by atoms with Gasteiger partial charge in [0.05, 0.1) is 0 Å². The number of alkyl carbamates (subject to hydrolysis) is 1. The van der Waals surface area contributed by atoms with Gasteiger partial charge in [0.25, 0.3) is 5.91 Å². The van der Waals surface area contributed by atoms with Crippen molar-refractivity contribution in [3.8, 4) is 12.3 Å². The first-order valence-corrected chi connectivity index (χ1v) is 14.5. The molecule has 2 unspecified atom stereocenters. The SMILES string of the molecule is C#Cc1ccc(C(C(=O)Nc2c(C)cccc2C)N(CCC)C(=O)C(CCSC)NC(=O)OC(C)(C)C)cc1. The fraction of sp³-hybridized carbons (Fsp3) is 0.452. The standard InChI is InChI=1S/C31H41N3O4S/c1-9-19-34(29(36)25(18-20-39-8)32-30(37)38-31(5,6)7)27(24-16-14-23(10-2)15-17-24)28(35)33-26-21(3)12-11-13-22(26)4/h2,11-17,25,27H,9,18-20H2,1,3-8H3,(H,32,37)(H,33,35). The third-order valence-electron chi connectivity index (χ3n) is 6.03. The van der Waals surface area contributed by atoms with E-state index in [4.69, 9.17) is 11.2 Å². The second-order valence-electron chi connectivity index (χ2n) is 10.4. The van der Waals surface area contributed by atoms with E-state index in [1.807, 2.05) is 45.2 Å². The molecule has 2 N–H and O–H groups in total. The molecule has 0 saturated heterocycles. The van der Waals surface area contributed by atoms with Gasteiger partial charge in [-0.05, 0) is 88.3 Å². The zero-order chi connectivity index (χ0) is 29.2. The number of nitrogens with zero attached hydrogens (tertiary/aromatic N) is 1. The number of hydrogen-bond donors (Lipinski definition) is 2. The van der Waals surface area contributed by atoms with Crippen molar-refractivity contribution in [2.75, 3.05) is 23.9 Å². The molecule has 210 valence electrons. The van der Waals surface area contributed by atoms with Crippen LogP contribution in [-0.2, 0) is 14.3 Å². The van der Waals surface area contributed by atoms with Gasteiger partial charge in [-0.3, -0.25) is 9.59 Å². The molecule has 0 spiro atoms. The maximum atomic E-state index is 14.1. The lowest BCUT2D eigenvalue weighted by Gasteiger charge is -2.34. The number of aryl methyl sites for hydroxylation is 2. The summed E-state index contributed by atoms with van der Waals surface area (Å²) >= 11 is 1.57. The lowest BCUT2D eigenvalue weighted by Crippen LogP contribution is -2.52. The summed E-state index contributed by atoms with van der Waals surface area (Å²) < 4.78 is 5.44. The van der Waals surface area contributed by atoms with Crippen LogP contribution in [0.2, 0.25) is 0 Å². The summed E-state index contributed by atoms with van der Waals surface area (Å²) in [5, 5.41) is 5.82. The minimum Gasteiger partial charge on any atom is -0.444 e. The Kier molecular flexibility index (Phi) is 11.9. The van der Waals surface area contributed by atoms with E-state index in [1.165, 1.54) is 0 Å². The number of carbonyl (C=O) groups excluding carboxylic acids is 3. The molecule has 8 heteroatoms. The van der Waals surface area contributed by atoms with Crippen molar-refractivity contribution in [3.05, 3.63) is 64.7 Å². The van der Waals surface area contributed by atoms with Gasteiger partial charge >= 0.3 is 6.09 Å². The van der Waals surface area contributed by atoms with E-state index >= 15 is 0 Å². The van der Waals surface area contributed by atoms with Crippen LogP contribution >= 0.6 is 11.8 Å². The molecule has 0 aliphatic rings. The molecular formula is C31H41N3O4S. The molecule has 0 fully saturated rings. The summed E-state index contributed by atoms with van der Waals surface area (Å²) in [4.78, 5) is 42.3. The first-order chi connectivity index (χ1) is 18.4. The van der Waals surface area contributed by atoms with Gasteiger partial charge in [0.15, 0.2) is 0 Å². The third kappa shape index (κ3) is 9.36. The number of benzene rings is 2. The predicted molar refractivity (Wildman–Crippen MR) is 160 cm³/mol. The second-order valence-corrected chi connectivity index (χ2v) is 11.4. The summed E-state index contributed by atoms with van der Waals surface area (Å²) in [5.41, 5.74) is 3.13. The van der Waals surface area contributed by atoms with Gasteiger partial charge in [0, 0.05) is 17.8 Å². The quantitative estimate of drug-likeness (QED) is 0.342. The monoisotopic (exact) mass is 551 g/mol. The van der Waals surface area contributed by atoms with E-state index in [0.717, 1.165) is 11.1 Å². The topological polar surface area (TPSA) is 87.7 Å². The number of rotatable bonds is 11. The smallest absolute Gasteiger partial charge is 0.408 e. The number of terminal acetylenes is 1. The van der Waals surface area contributed by atoms with E-state index in [0.29, 0.717) is 42.0 Å². The first-order valence-electron chi connectivity index (χ1n) is 13.1. The highest BCUT2D eigenvalue weighted by Gasteiger charge is 2.36. The van der Waals surface area contributed by atoms with Crippen molar-refractivity contribution in [2.24, 2.45) is 0 Å². The van der Waals surface area contributed by atoms with Gasteiger partial charge in [-0.1, -0.05) is 43.2 Å². The largest absolute Gasteiger partial charge is 0.444 e. The van der Waals surface area contributed by atoms with Gasteiger partial charge in [0.1, 0.15) is 17.7 Å². The predicted octanol–water partition coefficient (Wildman–Crippen LogP) is 5.85.